The Kier molecular flexibility index (Phi) is 4.56. The molecule has 2 aliphatic rings. The van der Waals surface area contributed by atoms with Crippen molar-refractivity contribution in [2.24, 2.45) is 5.92 Å². The molecule has 0 amide bonds. The van der Waals surface area contributed by atoms with Crippen LogP contribution < -0.4 is 9.80 Å². The largest absolute Gasteiger partial charge is 0.355 e. The van der Waals surface area contributed by atoms with Crippen molar-refractivity contribution in [3.05, 3.63) is 6.20 Å². The Morgan fingerprint density at radius 3 is 2.71 bits per heavy atom. The van der Waals surface area contributed by atoms with E-state index in [1.54, 1.807) is 0 Å². The van der Waals surface area contributed by atoms with Crippen LogP contribution in [0.4, 0.5) is 11.8 Å². The predicted molar refractivity (Wildman–Crippen MR) is 85.7 cm³/mol. The third kappa shape index (κ3) is 3.27. The summed E-state index contributed by atoms with van der Waals surface area (Å²) in [6.45, 7) is 7.85. The molecule has 0 spiro atoms. The summed E-state index contributed by atoms with van der Waals surface area (Å²) in [6, 6.07) is 0.581. The molecule has 2 fully saturated rings. The molecule has 0 N–H and O–H groups in total. The zero-order valence-electron chi connectivity index (χ0n) is 13.3. The smallest absolute Gasteiger partial charge is 0.247 e. The minimum absolute atomic E-state index is 0.581. The van der Waals surface area contributed by atoms with Gasteiger partial charge in [-0.25, -0.2) is 0 Å². The average Bonchev–Trinajstić information content (AvgIpc) is 2.55. The molecule has 2 saturated heterocycles. The normalized spacial score (nSPS) is 24.4. The van der Waals surface area contributed by atoms with Crippen molar-refractivity contribution in [3.63, 3.8) is 0 Å². The van der Waals surface area contributed by atoms with Crippen molar-refractivity contribution in [3.8, 4) is 0 Å². The minimum atomic E-state index is 0.581. The molecule has 0 bridgehead atoms. The van der Waals surface area contributed by atoms with Crippen molar-refractivity contribution in [2.45, 2.75) is 58.4 Å². The van der Waals surface area contributed by atoms with E-state index in [1.165, 1.54) is 32.1 Å². The fourth-order valence-corrected chi connectivity index (χ4v) is 3.49. The first-order valence-electron chi connectivity index (χ1n) is 8.49. The summed E-state index contributed by atoms with van der Waals surface area (Å²) in [4.78, 5) is 9.55. The van der Waals surface area contributed by atoms with Crippen LogP contribution in [0.25, 0.3) is 0 Å². The molecule has 0 saturated carbocycles. The Bertz CT molecular complexity index is 456. The summed E-state index contributed by atoms with van der Waals surface area (Å²) in [5, 5.41) is 8.54. The summed E-state index contributed by atoms with van der Waals surface area (Å²) >= 11 is 0. The van der Waals surface area contributed by atoms with Crippen molar-refractivity contribution in [1.29, 1.82) is 0 Å². The number of rotatable bonds is 3. The first kappa shape index (κ1) is 14.5. The van der Waals surface area contributed by atoms with Crippen LogP contribution >= 0.6 is 0 Å². The van der Waals surface area contributed by atoms with Gasteiger partial charge in [0, 0.05) is 25.7 Å². The summed E-state index contributed by atoms with van der Waals surface area (Å²) in [5.41, 5.74) is 0. The topological polar surface area (TPSA) is 45.2 Å². The summed E-state index contributed by atoms with van der Waals surface area (Å²) in [5.74, 6) is 2.67. The number of piperidine rings is 2. The highest BCUT2D eigenvalue weighted by Gasteiger charge is 2.25. The van der Waals surface area contributed by atoms with Gasteiger partial charge < -0.3 is 9.80 Å². The van der Waals surface area contributed by atoms with E-state index in [0.717, 1.165) is 43.7 Å². The minimum Gasteiger partial charge on any atom is -0.355 e. The lowest BCUT2D eigenvalue weighted by molar-refractivity contribution is 0.432. The summed E-state index contributed by atoms with van der Waals surface area (Å²) in [6.07, 6.45) is 9.31. The van der Waals surface area contributed by atoms with E-state index in [9.17, 15) is 0 Å². The van der Waals surface area contributed by atoms with E-state index in [-0.39, 0.29) is 0 Å². The SMILES string of the molecule is CCC1CCCCN1c1nncc(N2CCC(C)CC2)n1. The molecule has 21 heavy (non-hydrogen) atoms. The van der Waals surface area contributed by atoms with Crippen molar-refractivity contribution < 1.29 is 0 Å². The van der Waals surface area contributed by atoms with E-state index in [2.05, 4.69) is 33.8 Å². The molecule has 0 radical (unpaired) electrons. The van der Waals surface area contributed by atoms with Crippen LogP contribution in [-0.4, -0.2) is 40.9 Å². The molecule has 3 heterocycles. The molecule has 5 heteroatoms. The van der Waals surface area contributed by atoms with Gasteiger partial charge in [-0.2, -0.15) is 10.1 Å². The fraction of sp³-hybridized carbons (Fsp3) is 0.812. The molecule has 116 valence electrons. The predicted octanol–water partition coefficient (Wildman–Crippen LogP) is 2.88. The Labute approximate surface area is 127 Å². The number of aromatic nitrogens is 3. The van der Waals surface area contributed by atoms with Crippen molar-refractivity contribution >= 4 is 11.8 Å². The van der Waals surface area contributed by atoms with E-state index >= 15 is 0 Å². The Morgan fingerprint density at radius 1 is 1.14 bits per heavy atom. The molecule has 0 aromatic carbocycles. The molecular formula is C16H27N5. The molecule has 0 aliphatic carbocycles. The molecule has 3 rings (SSSR count). The highest BCUT2D eigenvalue weighted by atomic mass is 15.4. The zero-order chi connectivity index (χ0) is 14.7. The molecule has 1 aromatic heterocycles. The molecule has 5 nitrogen and oxygen atoms in total. The third-order valence-electron chi connectivity index (χ3n) is 5.00. The van der Waals surface area contributed by atoms with Crippen LogP contribution in [0.15, 0.2) is 6.20 Å². The number of anilines is 2. The van der Waals surface area contributed by atoms with Gasteiger partial charge in [-0.15, -0.1) is 5.10 Å². The first-order valence-corrected chi connectivity index (χ1v) is 8.49. The van der Waals surface area contributed by atoms with E-state index in [4.69, 9.17) is 4.98 Å². The Hall–Kier alpha value is -1.39. The second-order valence-corrected chi connectivity index (χ2v) is 6.54. The van der Waals surface area contributed by atoms with Gasteiger partial charge in [0.15, 0.2) is 5.82 Å². The Balaban J connectivity index is 1.76. The van der Waals surface area contributed by atoms with Gasteiger partial charge in [-0.3, -0.25) is 0 Å². The summed E-state index contributed by atoms with van der Waals surface area (Å²) in [7, 11) is 0. The fourth-order valence-electron chi connectivity index (χ4n) is 3.49. The van der Waals surface area contributed by atoms with E-state index in [0.29, 0.717) is 6.04 Å². The lowest BCUT2D eigenvalue weighted by atomic mass is 9.99. The molecule has 1 atom stereocenters. The van der Waals surface area contributed by atoms with Crippen molar-refractivity contribution in [2.75, 3.05) is 29.4 Å². The van der Waals surface area contributed by atoms with Gasteiger partial charge >= 0.3 is 0 Å². The van der Waals surface area contributed by atoms with Crippen molar-refractivity contribution in [1.82, 2.24) is 15.2 Å². The van der Waals surface area contributed by atoms with Gasteiger partial charge in [0.05, 0.1) is 6.20 Å². The third-order valence-corrected chi connectivity index (χ3v) is 5.00. The molecule has 1 unspecified atom stereocenters. The zero-order valence-corrected chi connectivity index (χ0v) is 13.3. The summed E-state index contributed by atoms with van der Waals surface area (Å²) < 4.78 is 0. The average molecular weight is 289 g/mol. The maximum absolute atomic E-state index is 4.82. The number of hydrogen-bond donors (Lipinski definition) is 0. The van der Waals surface area contributed by atoms with Gasteiger partial charge in [-0.05, 0) is 44.4 Å². The van der Waals surface area contributed by atoms with Gasteiger partial charge in [-0.1, -0.05) is 13.8 Å². The second kappa shape index (κ2) is 6.58. The Morgan fingerprint density at radius 2 is 1.95 bits per heavy atom. The van der Waals surface area contributed by atoms with Gasteiger partial charge in [0.1, 0.15) is 0 Å². The number of nitrogens with zero attached hydrogens (tertiary/aromatic N) is 5. The first-order chi connectivity index (χ1) is 10.3. The van der Waals surface area contributed by atoms with Crippen LogP contribution in [-0.2, 0) is 0 Å². The van der Waals surface area contributed by atoms with Gasteiger partial charge in [0.2, 0.25) is 5.95 Å². The van der Waals surface area contributed by atoms with Crippen LogP contribution in [0.3, 0.4) is 0 Å². The number of hydrogen-bond acceptors (Lipinski definition) is 5. The highest BCUT2D eigenvalue weighted by Crippen LogP contribution is 2.26. The maximum atomic E-state index is 4.82. The maximum Gasteiger partial charge on any atom is 0.247 e. The standard InChI is InChI=1S/C16H27N5/c1-3-14-6-4-5-9-21(14)16-18-15(12-17-19-16)20-10-7-13(2)8-11-20/h12-14H,3-11H2,1-2H3. The van der Waals surface area contributed by atoms with Crippen LogP contribution in [0.1, 0.15) is 52.4 Å². The lowest BCUT2D eigenvalue weighted by Crippen LogP contribution is -2.41. The quantitative estimate of drug-likeness (QED) is 0.856. The monoisotopic (exact) mass is 289 g/mol. The van der Waals surface area contributed by atoms with E-state index < -0.39 is 0 Å². The highest BCUT2D eigenvalue weighted by molar-refractivity contribution is 5.42. The van der Waals surface area contributed by atoms with Crippen LogP contribution in [0, 0.1) is 5.92 Å². The molecular weight excluding hydrogens is 262 g/mol. The van der Waals surface area contributed by atoms with E-state index in [1.807, 2.05) is 6.20 Å². The van der Waals surface area contributed by atoms with Gasteiger partial charge in [0.25, 0.3) is 0 Å². The van der Waals surface area contributed by atoms with Crippen LogP contribution in [0.5, 0.6) is 0 Å². The van der Waals surface area contributed by atoms with Crippen LogP contribution in [0.2, 0.25) is 0 Å². The lowest BCUT2D eigenvalue weighted by Gasteiger charge is -2.36. The second-order valence-electron chi connectivity index (χ2n) is 6.54. The molecule has 1 aromatic rings. The molecule has 2 aliphatic heterocycles.